The van der Waals surface area contributed by atoms with Gasteiger partial charge in [0.25, 0.3) is 0 Å². The van der Waals surface area contributed by atoms with Crippen molar-refractivity contribution in [3.05, 3.63) is 50.9 Å². The van der Waals surface area contributed by atoms with Crippen molar-refractivity contribution in [2.75, 3.05) is 13.7 Å². The van der Waals surface area contributed by atoms with Gasteiger partial charge in [-0.25, -0.2) is 4.98 Å². The van der Waals surface area contributed by atoms with Crippen LogP contribution in [0, 0.1) is 0 Å². The highest BCUT2D eigenvalue weighted by atomic mass is 79.9. The summed E-state index contributed by atoms with van der Waals surface area (Å²) in [5.41, 5.74) is 1.10. The maximum absolute atomic E-state index is 9.60. The van der Waals surface area contributed by atoms with Crippen LogP contribution >= 0.6 is 27.3 Å². The molecule has 0 aliphatic rings. The molecule has 0 fully saturated rings. The van der Waals surface area contributed by atoms with Gasteiger partial charge in [0.15, 0.2) is 0 Å². The minimum Gasteiger partial charge on any atom is -0.394 e. The molecule has 1 aromatic heterocycles. The van der Waals surface area contributed by atoms with Crippen LogP contribution in [-0.2, 0) is 6.54 Å². The van der Waals surface area contributed by atoms with Gasteiger partial charge in [0.2, 0.25) is 0 Å². The SMILES string of the molecule is CN(Cc1nccs1)C(CO)c1cccc(Br)c1. The van der Waals surface area contributed by atoms with E-state index in [0.717, 1.165) is 21.6 Å². The van der Waals surface area contributed by atoms with Gasteiger partial charge >= 0.3 is 0 Å². The summed E-state index contributed by atoms with van der Waals surface area (Å²) in [4.78, 5) is 6.38. The minimum absolute atomic E-state index is 0.00796. The van der Waals surface area contributed by atoms with Crippen LogP contribution in [0.5, 0.6) is 0 Å². The number of hydrogen-bond acceptors (Lipinski definition) is 4. The number of nitrogens with zero attached hydrogens (tertiary/aromatic N) is 2. The van der Waals surface area contributed by atoms with Crippen molar-refractivity contribution in [3.8, 4) is 0 Å². The zero-order chi connectivity index (χ0) is 13.0. The van der Waals surface area contributed by atoms with E-state index in [1.807, 2.05) is 36.7 Å². The van der Waals surface area contributed by atoms with Gasteiger partial charge in [-0.3, -0.25) is 4.90 Å². The van der Waals surface area contributed by atoms with Crippen LogP contribution in [0.15, 0.2) is 40.3 Å². The van der Waals surface area contributed by atoms with Crippen molar-refractivity contribution in [1.29, 1.82) is 0 Å². The van der Waals surface area contributed by atoms with Crippen molar-refractivity contribution in [1.82, 2.24) is 9.88 Å². The van der Waals surface area contributed by atoms with Gasteiger partial charge in [0.05, 0.1) is 19.2 Å². The van der Waals surface area contributed by atoms with Gasteiger partial charge in [-0.2, -0.15) is 0 Å². The van der Waals surface area contributed by atoms with Crippen LogP contribution in [0.1, 0.15) is 16.6 Å². The molecular formula is C13H15BrN2OS. The summed E-state index contributed by atoms with van der Waals surface area (Å²) in [6.07, 6.45) is 1.81. The van der Waals surface area contributed by atoms with Gasteiger partial charge < -0.3 is 5.11 Å². The lowest BCUT2D eigenvalue weighted by molar-refractivity contribution is 0.142. The Balaban J connectivity index is 2.12. The van der Waals surface area contributed by atoms with Crippen molar-refractivity contribution in [2.45, 2.75) is 12.6 Å². The van der Waals surface area contributed by atoms with E-state index in [0.29, 0.717) is 0 Å². The molecule has 3 nitrogen and oxygen atoms in total. The second kappa shape index (κ2) is 6.43. The molecule has 0 spiro atoms. The molecule has 1 aromatic carbocycles. The molecule has 0 bridgehead atoms. The summed E-state index contributed by atoms with van der Waals surface area (Å²) in [5.74, 6) is 0. The molecule has 1 heterocycles. The molecule has 18 heavy (non-hydrogen) atoms. The second-order valence-electron chi connectivity index (χ2n) is 4.09. The fourth-order valence-corrected chi connectivity index (χ4v) is 2.96. The number of aromatic nitrogens is 1. The fraction of sp³-hybridized carbons (Fsp3) is 0.308. The summed E-state index contributed by atoms with van der Waals surface area (Å²) in [6.45, 7) is 0.841. The van der Waals surface area contributed by atoms with Crippen LogP contribution in [-0.4, -0.2) is 28.6 Å². The highest BCUT2D eigenvalue weighted by Gasteiger charge is 2.17. The predicted molar refractivity (Wildman–Crippen MR) is 77.5 cm³/mol. The van der Waals surface area contributed by atoms with E-state index in [1.165, 1.54) is 0 Å². The molecular weight excluding hydrogens is 312 g/mol. The van der Waals surface area contributed by atoms with Gasteiger partial charge in [-0.15, -0.1) is 11.3 Å². The van der Waals surface area contributed by atoms with Crippen molar-refractivity contribution in [3.63, 3.8) is 0 Å². The quantitative estimate of drug-likeness (QED) is 0.917. The molecule has 0 saturated carbocycles. The lowest BCUT2D eigenvalue weighted by Gasteiger charge is -2.26. The molecule has 0 radical (unpaired) electrons. The highest BCUT2D eigenvalue weighted by Crippen LogP contribution is 2.24. The Hall–Kier alpha value is -0.750. The Kier molecular flexibility index (Phi) is 4.88. The number of rotatable bonds is 5. The van der Waals surface area contributed by atoms with E-state index in [4.69, 9.17) is 0 Å². The Morgan fingerprint density at radius 3 is 2.94 bits per heavy atom. The van der Waals surface area contributed by atoms with Gasteiger partial charge in [-0.1, -0.05) is 28.1 Å². The van der Waals surface area contributed by atoms with E-state index in [1.54, 1.807) is 17.5 Å². The third-order valence-electron chi connectivity index (χ3n) is 2.81. The smallest absolute Gasteiger partial charge is 0.107 e. The molecule has 1 unspecified atom stereocenters. The zero-order valence-electron chi connectivity index (χ0n) is 10.1. The maximum Gasteiger partial charge on any atom is 0.107 e. The molecule has 5 heteroatoms. The molecule has 96 valence electrons. The molecule has 0 aliphatic heterocycles. The number of aliphatic hydroxyl groups is 1. The molecule has 1 atom stereocenters. The van der Waals surface area contributed by atoms with Crippen LogP contribution < -0.4 is 0 Å². The van der Waals surface area contributed by atoms with Crippen LogP contribution in [0.25, 0.3) is 0 Å². The van der Waals surface area contributed by atoms with E-state index in [9.17, 15) is 5.11 Å². The first-order valence-corrected chi connectivity index (χ1v) is 7.33. The average molecular weight is 327 g/mol. The van der Waals surface area contributed by atoms with Crippen molar-refractivity contribution >= 4 is 27.3 Å². The second-order valence-corrected chi connectivity index (χ2v) is 5.99. The number of benzene rings is 1. The number of hydrogen-bond donors (Lipinski definition) is 1. The first-order chi connectivity index (χ1) is 8.70. The molecule has 2 aromatic rings. The standard InChI is InChI=1S/C13H15BrN2OS/c1-16(8-13-15-5-6-18-13)12(9-17)10-3-2-4-11(14)7-10/h2-7,12,17H,8-9H2,1H3. The number of halogens is 1. The van der Waals surface area contributed by atoms with E-state index in [2.05, 4.69) is 25.8 Å². The minimum atomic E-state index is -0.00796. The van der Waals surface area contributed by atoms with E-state index >= 15 is 0 Å². The molecule has 0 amide bonds. The fourth-order valence-electron chi connectivity index (χ4n) is 1.87. The Bertz CT molecular complexity index is 489. The molecule has 0 saturated heterocycles. The average Bonchev–Trinajstić information content (AvgIpc) is 2.83. The predicted octanol–water partition coefficient (Wildman–Crippen LogP) is 3.07. The van der Waals surface area contributed by atoms with E-state index in [-0.39, 0.29) is 12.6 Å². The highest BCUT2D eigenvalue weighted by molar-refractivity contribution is 9.10. The van der Waals surface area contributed by atoms with Crippen LogP contribution in [0.3, 0.4) is 0 Å². The molecule has 1 N–H and O–H groups in total. The molecule has 0 aliphatic carbocycles. The number of likely N-dealkylation sites (N-methyl/N-ethyl adjacent to an activating group) is 1. The lowest BCUT2D eigenvalue weighted by Crippen LogP contribution is -2.26. The molecule has 2 rings (SSSR count). The zero-order valence-corrected chi connectivity index (χ0v) is 12.5. The van der Waals surface area contributed by atoms with Crippen molar-refractivity contribution in [2.24, 2.45) is 0 Å². The largest absolute Gasteiger partial charge is 0.394 e. The van der Waals surface area contributed by atoms with Crippen molar-refractivity contribution < 1.29 is 5.11 Å². The lowest BCUT2D eigenvalue weighted by atomic mass is 10.1. The normalized spacial score (nSPS) is 12.9. The number of thiazole rings is 1. The van der Waals surface area contributed by atoms with Crippen LogP contribution in [0.4, 0.5) is 0 Å². The van der Waals surface area contributed by atoms with Gasteiger partial charge in [0, 0.05) is 16.0 Å². The monoisotopic (exact) mass is 326 g/mol. The maximum atomic E-state index is 9.60. The van der Waals surface area contributed by atoms with Gasteiger partial charge in [0.1, 0.15) is 5.01 Å². The van der Waals surface area contributed by atoms with Crippen LogP contribution in [0.2, 0.25) is 0 Å². The third kappa shape index (κ3) is 3.38. The first kappa shape index (κ1) is 13.7. The first-order valence-electron chi connectivity index (χ1n) is 5.65. The summed E-state index contributed by atoms with van der Waals surface area (Å²) >= 11 is 5.09. The Morgan fingerprint density at radius 2 is 2.33 bits per heavy atom. The Labute approximate surface area is 119 Å². The summed E-state index contributed by atoms with van der Waals surface area (Å²) in [6, 6.07) is 8.03. The third-order valence-corrected chi connectivity index (χ3v) is 4.06. The van der Waals surface area contributed by atoms with E-state index < -0.39 is 0 Å². The summed E-state index contributed by atoms with van der Waals surface area (Å²) < 4.78 is 1.03. The number of aliphatic hydroxyl groups excluding tert-OH is 1. The summed E-state index contributed by atoms with van der Waals surface area (Å²) in [5, 5.41) is 12.6. The van der Waals surface area contributed by atoms with Gasteiger partial charge in [-0.05, 0) is 24.7 Å². The topological polar surface area (TPSA) is 36.4 Å². The Morgan fingerprint density at radius 1 is 1.50 bits per heavy atom. The summed E-state index contributed by atoms with van der Waals surface area (Å²) in [7, 11) is 2.00.